The molecule has 13 heavy (non-hydrogen) atoms. The van der Waals surface area contributed by atoms with Gasteiger partial charge in [0.15, 0.2) is 0 Å². The molecular formula is C9H12N2O2. The van der Waals surface area contributed by atoms with Gasteiger partial charge < -0.3 is 4.74 Å². The molecule has 0 bridgehead atoms. The van der Waals surface area contributed by atoms with Crippen molar-refractivity contribution in [2.75, 3.05) is 6.61 Å². The molecule has 0 aromatic carbocycles. The van der Waals surface area contributed by atoms with Crippen LogP contribution in [0.4, 0.5) is 0 Å². The fraction of sp³-hybridized carbons (Fsp3) is 0.333. The van der Waals surface area contributed by atoms with Gasteiger partial charge in [-0.3, -0.25) is 4.68 Å². The van der Waals surface area contributed by atoms with Crippen LogP contribution < -0.4 is 0 Å². The maximum atomic E-state index is 10.8. The quantitative estimate of drug-likeness (QED) is 0.513. The fourth-order valence-electron chi connectivity index (χ4n) is 0.857. The van der Waals surface area contributed by atoms with Crippen LogP contribution in [0.25, 0.3) is 0 Å². The number of nitrogens with zero attached hydrogens (tertiary/aromatic N) is 2. The van der Waals surface area contributed by atoms with E-state index in [9.17, 15) is 4.79 Å². The normalized spacial score (nSPS) is 10.5. The highest BCUT2D eigenvalue weighted by molar-refractivity contribution is 5.81. The van der Waals surface area contributed by atoms with Gasteiger partial charge in [-0.2, -0.15) is 5.10 Å². The fourth-order valence-corrected chi connectivity index (χ4v) is 0.857. The van der Waals surface area contributed by atoms with Crippen molar-refractivity contribution in [1.82, 2.24) is 9.78 Å². The Kier molecular flexibility index (Phi) is 3.75. The van der Waals surface area contributed by atoms with Gasteiger partial charge in [-0.1, -0.05) is 6.08 Å². The number of ether oxygens (including phenoxy) is 1. The molecule has 0 unspecified atom stereocenters. The molecule has 1 rings (SSSR count). The summed E-state index contributed by atoms with van der Waals surface area (Å²) >= 11 is 0. The minimum absolute atomic E-state index is 0.311. The highest BCUT2D eigenvalue weighted by Crippen LogP contribution is 1.87. The maximum Gasteiger partial charge on any atom is 0.330 e. The Morgan fingerprint density at radius 2 is 2.54 bits per heavy atom. The third kappa shape index (κ3) is 3.55. The van der Waals surface area contributed by atoms with Gasteiger partial charge in [0.1, 0.15) is 6.61 Å². The smallest absolute Gasteiger partial charge is 0.330 e. The van der Waals surface area contributed by atoms with E-state index in [1.807, 2.05) is 12.3 Å². The van der Waals surface area contributed by atoms with Gasteiger partial charge >= 0.3 is 5.97 Å². The average Bonchev–Trinajstić information content (AvgIpc) is 2.57. The molecule has 0 saturated heterocycles. The van der Waals surface area contributed by atoms with Crippen LogP contribution in [-0.2, 0) is 16.1 Å². The molecule has 0 N–H and O–H groups in total. The highest BCUT2D eigenvalue weighted by atomic mass is 16.5. The summed E-state index contributed by atoms with van der Waals surface area (Å²) < 4.78 is 6.58. The Balaban J connectivity index is 2.18. The zero-order valence-electron chi connectivity index (χ0n) is 7.51. The Morgan fingerprint density at radius 3 is 3.15 bits per heavy atom. The van der Waals surface area contributed by atoms with Gasteiger partial charge in [-0.15, -0.1) is 0 Å². The first kappa shape index (κ1) is 9.51. The molecule has 1 heterocycles. The van der Waals surface area contributed by atoms with Crippen LogP contribution >= 0.6 is 0 Å². The standard InChI is InChI=1S/C9H12N2O2/c1-2-4-9(12)13-8-7-11-6-3-5-10-11/h2-6H,7-8H2,1H3/b4-2+. The summed E-state index contributed by atoms with van der Waals surface area (Å²) in [7, 11) is 0. The van der Waals surface area contributed by atoms with Crippen molar-refractivity contribution in [3.05, 3.63) is 30.6 Å². The van der Waals surface area contributed by atoms with Crippen LogP contribution in [-0.4, -0.2) is 22.4 Å². The van der Waals surface area contributed by atoms with Crippen molar-refractivity contribution in [1.29, 1.82) is 0 Å². The van der Waals surface area contributed by atoms with E-state index in [4.69, 9.17) is 4.74 Å². The summed E-state index contributed by atoms with van der Waals surface area (Å²) in [4.78, 5) is 10.8. The number of hydrogen-bond donors (Lipinski definition) is 0. The van der Waals surface area contributed by atoms with Gasteiger partial charge in [0, 0.05) is 18.5 Å². The number of rotatable bonds is 4. The van der Waals surface area contributed by atoms with Crippen LogP contribution in [0.15, 0.2) is 30.6 Å². The van der Waals surface area contributed by atoms with Gasteiger partial charge in [0.25, 0.3) is 0 Å². The maximum absolute atomic E-state index is 10.8. The molecule has 70 valence electrons. The van der Waals surface area contributed by atoms with E-state index >= 15 is 0 Å². The minimum Gasteiger partial charge on any atom is -0.461 e. The number of carbonyl (C=O) groups is 1. The second-order valence-corrected chi connectivity index (χ2v) is 2.44. The van der Waals surface area contributed by atoms with Crippen LogP contribution in [0.2, 0.25) is 0 Å². The number of esters is 1. The van der Waals surface area contributed by atoms with Gasteiger partial charge in [0.05, 0.1) is 6.54 Å². The molecular weight excluding hydrogens is 168 g/mol. The van der Waals surface area contributed by atoms with E-state index < -0.39 is 0 Å². The lowest BCUT2D eigenvalue weighted by Gasteiger charge is -2.01. The zero-order chi connectivity index (χ0) is 9.52. The van der Waals surface area contributed by atoms with Crippen LogP contribution in [0.1, 0.15) is 6.92 Å². The molecule has 0 aliphatic rings. The molecule has 0 saturated carbocycles. The first-order valence-corrected chi connectivity index (χ1v) is 4.10. The Bertz CT molecular complexity index is 278. The Morgan fingerprint density at radius 1 is 1.69 bits per heavy atom. The number of allylic oxidation sites excluding steroid dienone is 1. The van der Waals surface area contributed by atoms with Crippen molar-refractivity contribution < 1.29 is 9.53 Å². The first-order chi connectivity index (χ1) is 6.33. The lowest BCUT2D eigenvalue weighted by atomic mass is 10.5. The van der Waals surface area contributed by atoms with E-state index in [0.717, 1.165) is 0 Å². The molecule has 0 aliphatic heterocycles. The summed E-state index contributed by atoms with van der Waals surface area (Å²) in [5, 5.41) is 3.97. The third-order valence-electron chi connectivity index (χ3n) is 1.43. The van der Waals surface area contributed by atoms with Crippen molar-refractivity contribution in [2.45, 2.75) is 13.5 Å². The Labute approximate surface area is 76.8 Å². The number of carbonyl (C=O) groups excluding carboxylic acids is 1. The summed E-state index contributed by atoms with van der Waals surface area (Å²) in [6.07, 6.45) is 6.55. The molecule has 0 spiro atoms. The lowest BCUT2D eigenvalue weighted by Crippen LogP contribution is -2.09. The number of aromatic nitrogens is 2. The molecule has 0 radical (unpaired) electrons. The topological polar surface area (TPSA) is 44.1 Å². The van der Waals surface area contributed by atoms with Crippen molar-refractivity contribution in [3.63, 3.8) is 0 Å². The lowest BCUT2D eigenvalue weighted by molar-refractivity contribution is -0.138. The molecule has 0 atom stereocenters. The second kappa shape index (κ2) is 5.13. The number of hydrogen-bond acceptors (Lipinski definition) is 3. The van der Waals surface area contributed by atoms with E-state index in [-0.39, 0.29) is 5.97 Å². The van der Waals surface area contributed by atoms with Gasteiger partial charge in [-0.25, -0.2) is 4.79 Å². The summed E-state index contributed by atoms with van der Waals surface area (Å²) in [6.45, 7) is 2.72. The molecule has 1 aromatic rings. The summed E-state index contributed by atoms with van der Waals surface area (Å²) in [6, 6.07) is 1.83. The largest absolute Gasteiger partial charge is 0.461 e. The molecule has 0 aliphatic carbocycles. The van der Waals surface area contributed by atoms with Crippen molar-refractivity contribution in [2.24, 2.45) is 0 Å². The van der Waals surface area contributed by atoms with Gasteiger partial charge in [-0.05, 0) is 13.0 Å². The SMILES string of the molecule is C/C=C/C(=O)OCCn1cccn1. The van der Waals surface area contributed by atoms with Gasteiger partial charge in [0.2, 0.25) is 0 Å². The van der Waals surface area contributed by atoms with Crippen molar-refractivity contribution in [3.8, 4) is 0 Å². The summed E-state index contributed by atoms with van der Waals surface area (Å²) in [5.74, 6) is -0.311. The molecule has 0 amide bonds. The molecule has 0 fully saturated rings. The predicted octanol–water partition coefficient (Wildman–Crippen LogP) is 1.00. The second-order valence-electron chi connectivity index (χ2n) is 2.44. The Hall–Kier alpha value is -1.58. The van der Waals surface area contributed by atoms with E-state index in [1.165, 1.54) is 6.08 Å². The first-order valence-electron chi connectivity index (χ1n) is 4.10. The molecule has 1 aromatic heterocycles. The third-order valence-corrected chi connectivity index (χ3v) is 1.43. The summed E-state index contributed by atoms with van der Waals surface area (Å²) in [5.41, 5.74) is 0. The predicted molar refractivity (Wildman–Crippen MR) is 48.0 cm³/mol. The average molecular weight is 180 g/mol. The monoisotopic (exact) mass is 180 g/mol. The van der Waals surface area contributed by atoms with Crippen molar-refractivity contribution >= 4 is 5.97 Å². The van der Waals surface area contributed by atoms with E-state index in [2.05, 4.69) is 5.10 Å². The minimum atomic E-state index is -0.311. The zero-order valence-corrected chi connectivity index (χ0v) is 7.51. The van der Waals surface area contributed by atoms with Crippen LogP contribution in [0.5, 0.6) is 0 Å². The highest BCUT2D eigenvalue weighted by Gasteiger charge is 1.95. The molecule has 4 heteroatoms. The van der Waals surface area contributed by atoms with E-state index in [0.29, 0.717) is 13.2 Å². The van der Waals surface area contributed by atoms with Crippen LogP contribution in [0.3, 0.4) is 0 Å². The van der Waals surface area contributed by atoms with E-state index in [1.54, 1.807) is 23.9 Å². The van der Waals surface area contributed by atoms with Crippen LogP contribution in [0, 0.1) is 0 Å². The molecule has 4 nitrogen and oxygen atoms in total.